The van der Waals surface area contributed by atoms with Gasteiger partial charge in [-0.1, -0.05) is 6.07 Å². The van der Waals surface area contributed by atoms with Crippen molar-refractivity contribution in [3.8, 4) is 0 Å². The minimum atomic E-state index is -4.62. The second-order valence-electron chi connectivity index (χ2n) is 4.93. The zero-order valence-electron chi connectivity index (χ0n) is 12.1. The number of hydrogen-bond donors (Lipinski definition) is 2. The van der Waals surface area contributed by atoms with Crippen molar-refractivity contribution in [2.45, 2.75) is 19.7 Å². The number of carbonyl (C=O) groups is 2. The van der Waals surface area contributed by atoms with Gasteiger partial charge >= 0.3 is 19.3 Å². The van der Waals surface area contributed by atoms with Crippen molar-refractivity contribution in [2.75, 3.05) is 13.2 Å². The highest BCUT2D eigenvalue weighted by Crippen LogP contribution is 2.16. The normalized spacial score (nSPS) is 13.7. The van der Waals surface area contributed by atoms with Crippen LogP contribution in [-0.2, 0) is 20.8 Å². The van der Waals surface area contributed by atoms with Gasteiger partial charge in [-0.05, 0) is 29.6 Å². The summed E-state index contributed by atoms with van der Waals surface area (Å²) in [6, 6.07) is 3.10. The Hall–Kier alpha value is -2.07. The van der Waals surface area contributed by atoms with Crippen LogP contribution in [0.15, 0.2) is 12.1 Å². The molecule has 1 amide bonds. The Morgan fingerprint density at radius 1 is 1.43 bits per heavy atom. The molecule has 6 nitrogen and oxygen atoms in total. The summed E-state index contributed by atoms with van der Waals surface area (Å²) in [5.41, 5.74) is 1.90. The summed E-state index contributed by atoms with van der Waals surface area (Å²) in [4.78, 5) is 23.2. The molecule has 1 heterocycles. The van der Waals surface area contributed by atoms with Gasteiger partial charge in [-0.2, -0.15) is 13.2 Å². The number of esters is 1. The molecule has 0 saturated carbocycles. The number of hydrogen-bond acceptors (Lipinski definition) is 5. The lowest BCUT2D eigenvalue weighted by atomic mass is 9.75. The minimum Gasteiger partial charge on any atom is -0.455 e. The van der Waals surface area contributed by atoms with E-state index in [1.807, 2.05) is 0 Å². The molecule has 0 spiro atoms. The number of halogens is 3. The Labute approximate surface area is 129 Å². The molecule has 1 aliphatic rings. The molecule has 124 valence electrons. The van der Waals surface area contributed by atoms with Gasteiger partial charge in [0.2, 0.25) is 0 Å². The molecule has 0 atom stereocenters. The van der Waals surface area contributed by atoms with E-state index in [0.29, 0.717) is 11.0 Å². The second kappa shape index (κ2) is 6.59. The van der Waals surface area contributed by atoms with Gasteiger partial charge < -0.3 is 19.7 Å². The van der Waals surface area contributed by atoms with Crippen LogP contribution in [0.1, 0.15) is 21.5 Å². The molecule has 23 heavy (non-hydrogen) atoms. The smallest absolute Gasteiger partial charge is 0.455 e. The van der Waals surface area contributed by atoms with Gasteiger partial charge in [0.1, 0.15) is 6.54 Å². The van der Waals surface area contributed by atoms with Crippen LogP contribution in [0.4, 0.5) is 13.2 Å². The first-order valence-corrected chi connectivity index (χ1v) is 6.61. The first-order chi connectivity index (χ1) is 10.7. The quantitative estimate of drug-likeness (QED) is 0.602. The van der Waals surface area contributed by atoms with Crippen molar-refractivity contribution in [1.29, 1.82) is 0 Å². The maximum Gasteiger partial charge on any atom is 0.492 e. The average Bonchev–Trinajstić information content (AvgIpc) is 2.84. The Morgan fingerprint density at radius 2 is 2.13 bits per heavy atom. The molecule has 2 rings (SSSR count). The van der Waals surface area contributed by atoms with Gasteiger partial charge in [0, 0.05) is 5.56 Å². The Bertz CT molecular complexity index is 635. The van der Waals surface area contributed by atoms with Crippen molar-refractivity contribution in [2.24, 2.45) is 0 Å². The van der Waals surface area contributed by atoms with Gasteiger partial charge in [0.15, 0.2) is 6.61 Å². The third-order valence-electron chi connectivity index (χ3n) is 3.28. The molecule has 0 bridgehead atoms. The molecule has 0 radical (unpaired) electrons. The molecule has 0 unspecified atom stereocenters. The highest BCUT2D eigenvalue weighted by Gasteiger charge is 2.31. The summed E-state index contributed by atoms with van der Waals surface area (Å²) in [7, 11) is -1.13. The summed E-state index contributed by atoms with van der Waals surface area (Å²) >= 11 is 0. The van der Waals surface area contributed by atoms with Crippen LogP contribution in [0, 0.1) is 6.92 Å². The minimum absolute atomic E-state index is 0.192. The van der Waals surface area contributed by atoms with Crippen LogP contribution in [0.25, 0.3) is 0 Å². The zero-order valence-corrected chi connectivity index (χ0v) is 12.1. The van der Waals surface area contributed by atoms with Crippen LogP contribution in [0.2, 0.25) is 0 Å². The summed E-state index contributed by atoms with van der Waals surface area (Å²) < 4.78 is 44.7. The van der Waals surface area contributed by atoms with Crippen molar-refractivity contribution in [3.05, 3.63) is 28.8 Å². The molecule has 2 N–H and O–H groups in total. The van der Waals surface area contributed by atoms with E-state index >= 15 is 0 Å². The Balaban J connectivity index is 1.97. The van der Waals surface area contributed by atoms with Gasteiger partial charge in [0.05, 0.1) is 6.61 Å². The molecule has 10 heteroatoms. The number of carbonyl (C=O) groups excluding carboxylic acids is 2. The largest absolute Gasteiger partial charge is 0.492 e. The van der Waals surface area contributed by atoms with Crippen molar-refractivity contribution < 1.29 is 37.2 Å². The first kappa shape index (κ1) is 17.3. The Morgan fingerprint density at radius 3 is 2.78 bits per heavy atom. The summed E-state index contributed by atoms with van der Waals surface area (Å²) in [6.07, 6.45) is -4.62. The average molecular weight is 331 g/mol. The topological polar surface area (TPSA) is 84.9 Å². The maximum atomic E-state index is 12.0. The number of rotatable bonds is 4. The van der Waals surface area contributed by atoms with E-state index in [2.05, 4.69) is 10.1 Å². The standard InChI is InChI=1S/C13H13BF3NO5/c1-7-9(3-2-8-5-23-14(21)11(7)8)12(20)18-4-10(19)22-6-13(15,16)17/h2-3,21H,4-6H2,1H3,(H,18,20). The highest BCUT2D eigenvalue weighted by molar-refractivity contribution is 6.62. The van der Waals surface area contributed by atoms with E-state index in [4.69, 9.17) is 4.65 Å². The van der Waals surface area contributed by atoms with Crippen LogP contribution < -0.4 is 10.8 Å². The number of alkyl halides is 3. The molecular weight excluding hydrogens is 318 g/mol. The number of ether oxygens (including phenoxy) is 1. The number of nitrogens with one attached hydrogen (secondary N) is 1. The van der Waals surface area contributed by atoms with E-state index in [9.17, 15) is 27.8 Å². The van der Waals surface area contributed by atoms with Crippen molar-refractivity contribution in [3.63, 3.8) is 0 Å². The summed E-state index contributed by atoms with van der Waals surface area (Å²) in [5.74, 6) is -1.86. The predicted molar refractivity (Wildman–Crippen MR) is 72.9 cm³/mol. The lowest BCUT2D eigenvalue weighted by Gasteiger charge is -2.11. The summed E-state index contributed by atoms with van der Waals surface area (Å²) in [5, 5.41) is 11.9. The van der Waals surface area contributed by atoms with Crippen molar-refractivity contribution in [1.82, 2.24) is 5.32 Å². The number of amides is 1. The van der Waals surface area contributed by atoms with E-state index in [0.717, 1.165) is 5.56 Å². The number of fused-ring (bicyclic) bond motifs is 1. The third kappa shape index (κ3) is 4.23. The first-order valence-electron chi connectivity index (χ1n) is 6.61. The molecule has 1 aromatic rings. The van der Waals surface area contributed by atoms with Crippen LogP contribution in [-0.4, -0.2) is 43.3 Å². The highest BCUT2D eigenvalue weighted by atomic mass is 19.4. The van der Waals surface area contributed by atoms with Gasteiger partial charge in [-0.3, -0.25) is 9.59 Å². The monoisotopic (exact) mass is 331 g/mol. The van der Waals surface area contributed by atoms with Crippen molar-refractivity contribution >= 4 is 24.5 Å². The fraction of sp³-hybridized carbons (Fsp3) is 0.385. The van der Waals surface area contributed by atoms with Gasteiger partial charge in [-0.15, -0.1) is 0 Å². The molecule has 0 saturated heterocycles. The van der Waals surface area contributed by atoms with E-state index < -0.39 is 38.3 Å². The molecular formula is C13H13BF3NO5. The van der Waals surface area contributed by atoms with Gasteiger partial charge in [0.25, 0.3) is 5.91 Å². The molecule has 0 fully saturated rings. The van der Waals surface area contributed by atoms with Crippen LogP contribution >= 0.6 is 0 Å². The van der Waals surface area contributed by atoms with E-state index in [1.54, 1.807) is 13.0 Å². The Kier molecular flexibility index (Phi) is 4.95. The zero-order chi connectivity index (χ0) is 17.2. The molecule has 0 aromatic heterocycles. The summed E-state index contributed by atoms with van der Waals surface area (Å²) in [6.45, 7) is -0.565. The van der Waals surface area contributed by atoms with E-state index in [-0.39, 0.29) is 12.2 Å². The van der Waals surface area contributed by atoms with Crippen LogP contribution in [0.3, 0.4) is 0 Å². The lowest BCUT2D eigenvalue weighted by Crippen LogP contribution is -2.36. The van der Waals surface area contributed by atoms with Gasteiger partial charge in [-0.25, -0.2) is 0 Å². The fourth-order valence-corrected chi connectivity index (χ4v) is 2.21. The second-order valence-corrected chi connectivity index (χ2v) is 4.93. The van der Waals surface area contributed by atoms with Crippen LogP contribution in [0.5, 0.6) is 0 Å². The predicted octanol–water partition coefficient (Wildman–Crippen LogP) is 0.0480. The number of benzene rings is 1. The SMILES string of the molecule is Cc1c(C(=O)NCC(=O)OCC(F)(F)F)ccc2c1B(O)OC2. The molecule has 1 aromatic carbocycles. The molecule has 1 aliphatic heterocycles. The van der Waals surface area contributed by atoms with E-state index in [1.165, 1.54) is 6.07 Å². The fourth-order valence-electron chi connectivity index (χ4n) is 2.21. The molecule has 0 aliphatic carbocycles. The lowest BCUT2D eigenvalue weighted by molar-refractivity contribution is -0.185. The third-order valence-corrected chi connectivity index (χ3v) is 3.28. The maximum absolute atomic E-state index is 12.0.